The molecule has 1 aromatic heterocycles. The molecule has 1 aliphatic rings. The van der Waals surface area contributed by atoms with E-state index >= 15 is 0 Å². The Kier molecular flexibility index (Phi) is 5.18. The second kappa shape index (κ2) is 7.51. The first-order valence-corrected chi connectivity index (χ1v) is 8.68. The topological polar surface area (TPSA) is 71.2 Å². The highest BCUT2D eigenvalue weighted by Gasteiger charge is 2.23. The Morgan fingerprint density at radius 3 is 2.83 bits per heavy atom. The maximum Gasteiger partial charge on any atom is 0.306 e. The van der Waals surface area contributed by atoms with Crippen molar-refractivity contribution in [1.82, 2.24) is 10.3 Å². The molecule has 1 aliphatic carbocycles. The van der Waals surface area contributed by atoms with Crippen LogP contribution < -0.4 is 5.32 Å². The molecular formula is C19H24N2O3. The lowest BCUT2D eigenvalue weighted by Gasteiger charge is -2.17. The van der Waals surface area contributed by atoms with Crippen molar-refractivity contribution in [3.05, 3.63) is 36.0 Å². The number of hydrogen-bond donors (Lipinski definition) is 2. The predicted octanol–water partition coefficient (Wildman–Crippen LogP) is 3.09. The van der Waals surface area contributed by atoms with Crippen LogP contribution in [-0.2, 0) is 20.7 Å². The Bertz CT molecular complexity index is 716. The number of hydrogen-bond acceptors (Lipinski definition) is 3. The van der Waals surface area contributed by atoms with E-state index in [1.807, 2.05) is 30.5 Å². The van der Waals surface area contributed by atoms with Gasteiger partial charge in [0.25, 0.3) is 5.91 Å². The molecule has 1 fully saturated rings. The van der Waals surface area contributed by atoms with Gasteiger partial charge in [0.05, 0.1) is 0 Å². The van der Waals surface area contributed by atoms with E-state index in [0.717, 1.165) is 42.1 Å². The van der Waals surface area contributed by atoms with Gasteiger partial charge in [-0.2, -0.15) is 0 Å². The lowest BCUT2D eigenvalue weighted by molar-refractivity contribution is -0.155. The molecule has 1 amide bonds. The molecule has 1 heterocycles. The molecule has 128 valence electrons. The summed E-state index contributed by atoms with van der Waals surface area (Å²) in [6.07, 6.45) is 6.41. The summed E-state index contributed by atoms with van der Waals surface area (Å²) in [6.45, 7) is 1.63. The van der Waals surface area contributed by atoms with Crippen LogP contribution in [0.25, 0.3) is 10.9 Å². The molecule has 1 aromatic carbocycles. The molecule has 24 heavy (non-hydrogen) atoms. The molecule has 5 heteroatoms. The van der Waals surface area contributed by atoms with Crippen LogP contribution in [0, 0.1) is 0 Å². The number of rotatable bonds is 6. The molecule has 0 aliphatic heterocycles. The maximum atomic E-state index is 12.0. The number of amides is 1. The summed E-state index contributed by atoms with van der Waals surface area (Å²) in [5.74, 6) is -0.531. The van der Waals surface area contributed by atoms with E-state index in [9.17, 15) is 9.59 Å². The van der Waals surface area contributed by atoms with Gasteiger partial charge >= 0.3 is 5.97 Å². The molecular weight excluding hydrogens is 304 g/mol. The van der Waals surface area contributed by atoms with Crippen LogP contribution in [-0.4, -0.2) is 29.0 Å². The van der Waals surface area contributed by atoms with Gasteiger partial charge in [-0.25, -0.2) is 0 Å². The number of carbonyl (C=O) groups excluding carboxylic acids is 2. The maximum absolute atomic E-state index is 12.0. The SMILES string of the molecule is C[C@H](OC(=O)CCc1c[nH]c2ccccc12)C(=O)NC1CCCC1. The summed E-state index contributed by atoms with van der Waals surface area (Å²) in [7, 11) is 0. The second-order valence-corrected chi connectivity index (χ2v) is 6.48. The molecule has 3 rings (SSSR count). The van der Waals surface area contributed by atoms with Crippen molar-refractivity contribution < 1.29 is 14.3 Å². The van der Waals surface area contributed by atoms with Gasteiger partial charge in [-0.3, -0.25) is 9.59 Å². The lowest BCUT2D eigenvalue weighted by atomic mass is 10.1. The van der Waals surface area contributed by atoms with Crippen LogP contribution in [0.2, 0.25) is 0 Å². The number of ether oxygens (including phenoxy) is 1. The quantitative estimate of drug-likeness (QED) is 0.801. The Morgan fingerprint density at radius 1 is 1.29 bits per heavy atom. The van der Waals surface area contributed by atoms with Gasteiger partial charge in [-0.15, -0.1) is 0 Å². The minimum Gasteiger partial charge on any atom is -0.453 e. The standard InChI is InChI=1S/C19H24N2O3/c1-13(19(23)21-15-6-2-3-7-15)24-18(22)11-10-14-12-20-17-9-5-4-8-16(14)17/h4-5,8-9,12-13,15,20H,2-3,6-7,10-11H2,1H3,(H,21,23)/t13-/m0/s1. The largest absolute Gasteiger partial charge is 0.453 e. The number of nitrogens with one attached hydrogen (secondary N) is 2. The number of aryl methyl sites for hydroxylation is 1. The predicted molar refractivity (Wildman–Crippen MR) is 92.6 cm³/mol. The number of aromatic nitrogens is 1. The zero-order valence-corrected chi connectivity index (χ0v) is 14.0. The van der Waals surface area contributed by atoms with Crippen molar-refractivity contribution in [2.45, 2.75) is 57.6 Å². The molecule has 1 saturated carbocycles. The van der Waals surface area contributed by atoms with Gasteiger partial charge < -0.3 is 15.0 Å². The van der Waals surface area contributed by atoms with Gasteiger partial charge in [-0.1, -0.05) is 31.0 Å². The molecule has 0 bridgehead atoms. The second-order valence-electron chi connectivity index (χ2n) is 6.48. The highest BCUT2D eigenvalue weighted by molar-refractivity contribution is 5.85. The molecule has 5 nitrogen and oxygen atoms in total. The Labute approximate surface area is 141 Å². The smallest absolute Gasteiger partial charge is 0.306 e. The van der Waals surface area contributed by atoms with Crippen molar-refractivity contribution >= 4 is 22.8 Å². The van der Waals surface area contributed by atoms with Crippen molar-refractivity contribution in [2.24, 2.45) is 0 Å². The van der Waals surface area contributed by atoms with Crippen molar-refractivity contribution in [3.8, 4) is 0 Å². The molecule has 0 spiro atoms. The lowest BCUT2D eigenvalue weighted by Crippen LogP contribution is -2.40. The van der Waals surface area contributed by atoms with Crippen molar-refractivity contribution in [1.29, 1.82) is 0 Å². The van der Waals surface area contributed by atoms with Crippen LogP contribution in [0.4, 0.5) is 0 Å². The van der Waals surface area contributed by atoms with E-state index < -0.39 is 6.10 Å². The zero-order chi connectivity index (χ0) is 16.9. The Morgan fingerprint density at radius 2 is 2.04 bits per heavy atom. The van der Waals surface area contributed by atoms with Crippen molar-refractivity contribution in [3.63, 3.8) is 0 Å². The third-order valence-electron chi connectivity index (χ3n) is 4.65. The highest BCUT2D eigenvalue weighted by Crippen LogP contribution is 2.20. The summed E-state index contributed by atoms with van der Waals surface area (Å²) < 4.78 is 5.27. The summed E-state index contributed by atoms with van der Waals surface area (Å²) in [4.78, 5) is 27.3. The molecule has 0 unspecified atom stereocenters. The summed E-state index contributed by atoms with van der Waals surface area (Å²) in [6, 6.07) is 8.23. The number of aromatic amines is 1. The number of esters is 1. The van der Waals surface area contributed by atoms with Gasteiger partial charge in [0, 0.05) is 29.6 Å². The van der Waals surface area contributed by atoms with E-state index in [4.69, 9.17) is 4.74 Å². The molecule has 0 saturated heterocycles. The number of carbonyl (C=O) groups is 2. The number of benzene rings is 1. The van der Waals surface area contributed by atoms with Crippen molar-refractivity contribution in [2.75, 3.05) is 0 Å². The average Bonchev–Trinajstić information content (AvgIpc) is 3.22. The average molecular weight is 328 g/mol. The first-order valence-electron chi connectivity index (χ1n) is 8.68. The number of H-pyrrole nitrogens is 1. The summed E-state index contributed by atoms with van der Waals surface area (Å²) in [5, 5.41) is 4.08. The van der Waals surface area contributed by atoms with Crippen LogP contribution in [0.3, 0.4) is 0 Å². The third-order valence-corrected chi connectivity index (χ3v) is 4.65. The Hall–Kier alpha value is -2.30. The van der Waals surface area contributed by atoms with Gasteiger partial charge in [-0.05, 0) is 37.8 Å². The molecule has 2 N–H and O–H groups in total. The fourth-order valence-corrected chi connectivity index (χ4v) is 3.27. The minimum atomic E-state index is -0.735. The van der Waals surface area contributed by atoms with Gasteiger partial charge in [0.15, 0.2) is 6.10 Å². The first kappa shape index (κ1) is 16.6. The van der Waals surface area contributed by atoms with Crippen LogP contribution >= 0.6 is 0 Å². The first-order chi connectivity index (χ1) is 11.6. The normalized spacial score (nSPS) is 16.2. The molecule has 0 radical (unpaired) electrons. The Balaban J connectivity index is 1.47. The van der Waals surface area contributed by atoms with Crippen LogP contribution in [0.15, 0.2) is 30.5 Å². The molecule has 1 atom stereocenters. The van der Waals surface area contributed by atoms with E-state index in [1.165, 1.54) is 0 Å². The van der Waals surface area contributed by atoms with E-state index in [-0.39, 0.29) is 24.3 Å². The third kappa shape index (κ3) is 3.96. The summed E-state index contributed by atoms with van der Waals surface area (Å²) in [5.41, 5.74) is 2.15. The van der Waals surface area contributed by atoms with Crippen LogP contribution in [0.1, 0.15) is 44.6 Å². The fraction of sp³-hybridized carbons (Fsp3) is 0.474. The van der Waals surface area contributed by atoms with Gasteiger partial charge in [0.2, 0.25) is 0 Å². The number of fused-ring (bicyclic) bond motifs is 1. The van der Waals surface area contributed by atoms with E-state index in [2.05, 4.69) is 10.3 Å². The fourth-order valence-electron chi connectivity index (χ4n) is 3.27. The number of para-hydroxylation sites is 1. The van der Waals surface area contributed by atoms with Gasteiger partial charge in [0.1, 0.15) is 0 Å². The van der Waals surface area contributed by atoms with Crippen LogP contribution in [0.5, 0.6) is 0 Å². The van der Waals surface area contributed by atoms with E-state index in [0.29, 0.717) is 6.42 Å². The minimum absolute atomic E-state index is 0.192. The summed E-state index contributed by atoms with van der Waals surface area (Å²) >= 11 is 0. The molecule has 2 aromatic rings. The monoisotopic (exact) mass is 328 g/mol. The van der Waals surface area contributed by atoms with E-state index in [1.54, 1.807) is 6.92 Å². The highest BCUT2D eigenvalue weighted by atomic mass is 16.5. The zero-order valence-electron chi connectivity index (χ0n) is 14.0.